The molecule has 0 radical (unpaired) electrons. The summed E-state index contributed by atoms with van der Waals surface area (Å²) in [6.45, 7) is 0. The lowest BCUT2D eigenvalue weighted by atomic mass is 10.2. The van der Waals surface area contributed by atoms with E-state index in [1.807, 2.05) is 13.1 Å². The Hall–Kier alpha value is -1.53. The Bertz CT molecular complexity index is 566. The highest BCUT2D eigenvalue weighted by Gasteiger charge is 2.07. The van der Waals surface area contributed by atoms with Crippen LogP contribution in [0.4, 0.5) is 0 Å². The van der Waals surface area contributed by atoms with Gasteiger partial charge < -0.3 is 5.73 Å². The number of rotatable bonds is 3. The first kappa shape index (κ1) is 11.9. The van der Waals surface area contributed by atoms with Gasteiger partial charge >= 0.3 is 0 Å². The fourth-order valence-electron chi connectivity index (χ4n) is 1.26. The second-order valence-corrected chi connectivity index (χ2v) is 4.77. The average Bonchev–Trinajstić information content (AvgIpc) is 2.64. The quantitative estimate of drug-likeness (QED) is 0.657. The van der Waals surface area contributed by atoms with Gasteiger partial charge in [-0.1, -0.05) is 23.4 Å². The van der Waals surface area contributed by atoms with E-state index < -0.39 is 0 Å². The maximum absolute atomic E-state index is 7.34. The predicted molar refractivity (Wildman–Crippen MR) is 67.6 cm³/mol. The van der Waals surface area contributed by atoms with E-state index in [0.29, 0.717) is 10.6 Å². The summed E-state index contributed by atoms with van der Waals surface area (Å²) in [7, 11) is 1.82. The monoisotopic (exact) mass is 267 g/mol. The molecule has 1 aromatic carbocycles. The maximum Gasteiger partial charge on any atom is 0.190 e. The predicted octanol–water partition coefficient (Wildman–Crippen LogP) is 1.90. The first-order valence-corrected chi connectivity index (χ1v) is 5.93. The normalized spacial score (nSPS) is 10.5. The van der Waals surface area contributed by atoms with Crippen molar-refractivity contribution in [1.82, 2.24) is 14.8 Å². The Kier molecular flexibility index (Phi) is 3.35. The van der Waals surface area contributed by atoms with Crippen LogP contribution in [0.15, 0.2) is 34.6 Å². The van der Waals surface area contributed by atoms with E-state index in [1.165, 1.54) is 18.1 Å². The van der Waals surface area contributed by atoms with E-state index in [4.69, 9.17) is 22.7 Å². The third kappa shape index (κ3) is 2.59. The number of nitrogens with zero attached hydrogens (tertiary/aromatic N) is 3. The molecule has 0 fully saturated rings. The molecule has 7 heteroatoms. The number of hydrogen-bond acceptors (Lipinski definition) is 4. The summed E-state index contributed by atoms with van der Waals surface area (Å²) in [5, 5.41) is 12.6. The van der Waals surface area contributed by atoms with Crippen molar-refractivity contribution in [2.24, 2.45) is 12.8 Å². The van der Waals surface area contributed by atoms with E-state index in [1.54, 1.807) is 16.8 Å². The zero-order valence-electron chi connectivity index (χ0n) is 9.01. The van der Waals surface area contributed by atoms with Crippen LogP contribution in [0.3, 0.4) is 0 Å². The molecule has 0 aliphatic rings. The van der Waals surface area contributed by atoms with Gasteiger partial charge in [0.25, 0.3) is 0 Å². The summed E-state index contributed by atoms with van der Waals surface area (Å²) < 4.78 is 1.68. The van der Waals surface area contributed by atoms with Crippen LogP contribution >= 0.6 is 23.4 Å². The molecular formula is C10H10ClN5S. The number of halogens is 1. The van der Waals surface area contributed by atoms with Crippen molar-refractivity contribution in [3.8, 4) is 0 Å². The zero-order valence-corrected chi connectivity index (χ0v) is 10.6. The van der Waals surface area contributed by atoms with Crippen molar-refractivity contribution in [1.29, 1.82) is 5.41 Å². The van der Waals surface area contributed by atoms with Crippen molar-refractivity contribution < 1.29 is 0 Å². The molecule has 5 nitrogen and oxygen atoms in total. The SMILES string of the molecule is Cn1ncnc1Sc1ccc(C(=N)N)c(Cl)c1. The van der Waals surface area contributed by atoms with Gasteiger partial charge in [0.05, 0.1) is 5.02 Å². The van der Waals surface area contributed by atoms with Crippen molar-refractivity contribution in [2.75, 3.05) is 0 Å². The number of benzene rings is 1. The molecule has 0 atom stereocenters. The van der Waals surface area contributed by atoms with E-state index in [0.717, 1.165) is 10.1 Å². The van der Waals surface area contributed by atoms with Crippen molar-refractivity contribution in [3.63, 3.8) is 0 Å². The fraction of sp³-hybridized carbons (Fsp3) is 0.100. The highest BCUT2D eigenvalue weighted by atomic mass is 35.5. The van der Waals surface area contributed by atoms with Gasteiger partial charge in [0.1, 0.15) is 12.2 Å². The number of nitrogens with one attached hydrogen (secondary N) is 1. The molecule has 0 saturated carbocycles. The van der Waals surface area contributed by atoms with Gasteiger partial charge in [-0.25, -0.2) is 9.67 Å². The standard InChI is InChI=1S/C10H10ClN5S/c1-16-10(14-5-15-16)17-6-2-3-7(9(12)13)8(11)4-6/h2-5H,1H3,(H3,12,13). The molecule has 0 amide bonds. The molecule has 0 aliphatic heterocycles. The topological polar surface area (TPSA) is 80.6 Å². The minimum atomic E-state index is -0.0368. The Morgan fingerprint density at radius 1 is 1.53 bits per heavy atom. The van der Waals surface area contributed by atoms with Crippen LogP contribution in [-0.4, -0.2) is 20.6 Å². The first-order valence-electron chi connectivity index (χ1n) is 4.73. The van der Waals surface area contributed by atoms with Crippen LogP contribution in [0.2, 0.25) is 5.02 Å². The van der Waals surface area contributed by atoms with Crippen LogP contribution in [0.25, 0.3) is 0 Å². The lowest BCUT2D eigenvalue weighted by Gasteiger charge is -2.05. The summed E-state index contributed by atoms with van der Waals surface area (Å²) in [6.07, 6.45) is 1.49. The largest absolute Gasteiger partial charge is 0.384 e. The van der Waals surface area contributed by atoms with Gasteiger partial charge in [-0.2, -0.15) is 5.10 Å². The number of hydrogen-bond donors (Lipinski definition) is 2. The van der Waals surface area contributed by atoms with Crippen LogP contribution in [-0.2, 0) is 7.05 Å². The molecule has 2 rings (SSSR count). The molecule has 17 heavy (non-hydrogen) atoms. The van der Waals surface area contributed by atoms with Gasteiger partial charge in [-0.3, -0.25) is 5.41 Å². The molecule has 3 N–H and O–H groups in total. The molecule has 0 spiro atoms. The van der Waals surface area contributed by atoms with Crippen LogP contribution < -0.4 is 5.73 Å². The van der Waals surface area contributed by atoms with Gasteiger partial charge in [0, 0.05) is 17.5 Å². The van der Waals surface area contributed by atoms with E-state index in [-0.39, 0.29) is 5.84 Å². The van der Waals surface area contributed by atoms with Crippen LogP contribution in [0.1, 0.15) is 5.56 Å². The van der Waals surface area contributed by atoms with E-state index in [9.17, 15) is 0 Å². The molecule has 0 aliphatic carbocycles. The number of aromatic nitrogens is 3. The highest BCUT2D eigenvalue weighted by molar-refractivity contribution is 7.99. The molecule has 0 bridgehead atoms. The summed E-state index contributed by atoms with van der Waals surface area (Å²) in [6, 6.07) is 5.34. The van der Waals surface area contributed by atoms with Gasteiger partial charge in [0.15, 0.2) is 5.16 Å². The third-order valence-electron chi connectivity index (χ3n) is 2.11. The lowest BCUT2D eigenvalue weighted by molar-refractivity contribution is 0.685. The summed E-state index contributed by atoms with van der Waals surface area (Å²) >= 11 is 7.48. The molecule has 1 heterocycles. The van der Waals surface area contributed by atoms with E-state index >= 15 is 0 Å². The highest BCUT2D eigenvalue weighted by Crippen LogP contribution is 2.28. The second-order valence-electron chi connectivity index (χ2n) is 3.32. The van der Waals surface area contributed by atoms with Crippen LogP contribution in [0, 0.1) is 5.41 Å². The Morgan fingerprint density at radius 3 is 2.82 bits per heavy atom. The van der Waals surface area contributed by atoms with Gasteiger partial charge in [-0.15, -0.1) is 0 Å². The second kappa shape index (κ2) is 4.77. The summed E-state index contributed by atoms with van der Waals surface area (Å²) in [4.78, 5) is 5.03. The third-order valence-corrected chi connectivity index (χ3v) is 3.46. The number of aryl methyl sites for hydroxylation is 1. The molecule has 0 saturated heterocycles. The summed E-state index contributed by atoms with van der Waals surface area (Å²) in [5.74, 6) is -0.0368. The molecule has 1 aromatic heterocycles. The van der Waals surface area contributed by atoms with Gasteiger partial charge in [0.2, 0.25) is 0 Å². The van der Waals surface area contributed by atoms with Crippen molar-refractivity contribution >= 4 is 29.2 Å². The minimum Gasteiger partial charge on any atom is -0.384 e. The fourth-order valence-corrected chi connectivity index (χ4v) is 2.41. The Balaban J connectivity index is 2.27. The molecule has 0 unspecified atom stereocenters. The maximum atomic E-state index is 7.34. The Labute approximate surface area is 107 Å². The average molecular weight is 268 g/mol. The Morgan fingerprint density at radius 2 is 2.29 bits per heavy atom. The number of amidine groups is 1. The van der Waals surface area contributed by atoms with E-state index in [2.05, 4.69) is 10.1 Å². The molecule has 88 valence electrons. The number of nitrogens with two attached hydrogens (primary N) is 1. The zero-order chi connectivity index (χ0) is 12.4. The molecular weight excluding hydrogens is 258 g/mol. The minimum absolute atomic E-state index is 0.0368. The lowest BCUT2D eigenvalue weighted by Crippen LogP contribution is -2.11. The smallest absolute Gasteiger partial charge is 0.190 e. The molecule has 2 aromatic rings. The first-order chi connectivity index (χ1) is 8.08. The van der Waals surface area contributed by atoms with Crippen molar-refractivity contribution in [3.05, 3.63) is 35.1 Å². The van der Waals surface area contributed by atoms with Crippen LogP contribution in [0.5, 0.6) is 0 Å². The van der Waals surface area contributed by atoms with Gasteiger partial charge in [-0.05, 0) is 18.2 Å². The van der Waals surface area contributed by atoms with Crippen molar-refractivity contribution in [2.45, 2.75) is 10.1 Å². The number of nitrogen functional groups attached to an aromatic ring is 1. The summed E-state index contributed by atoms with van der Waals surface area (Å²) in [5.41, 5.74) is 5.93.